The standard InChI is InChI=1S/C17H21BrFNO/c1-7-15(10-12(3)18)16(17(21)20-6)14(5)11(2)8-9-13(4)19/h8-10H,2-4,7H2,1,5-6H3,(H,20,21). The Labute approximate surface area is 134 Å². The Morgan fingerprint density at radius 3 is 2.24 bits per heavy atom. The third kappa shape index (κ3) is 6.54. The third-order valence-corrected chi connectivity index (χ3v) is 3.04. The second-order valence-corrected chi connectivity index (χ2v) is 5.37. The predicted octanol–water partition coefficient (Wildman–Crippen LogP) is 4.89. The zero-order chi connectivity index (χ0) is 16.6. The van der Waals surface area contributed by atoms with Gasteiger partial charge in [0.2, 0.25) is 0 Å². The molecule has 1 N–H and O–H groups in total. The molecule has 4 heteroatoms. The van der Waals surface area contributed by atoms with Crippen molar-refractivity contribution in [1.29, 1.82) is 0 Å². The summed E-state index contributed by atoms with van der Waals surface area (Å²) in [5.41, 5.74) is 2.56. The number of amides is 1. The van der Waals surface area contributed by atoms with Gasteiger partial charge >= 0.3 is 0 Å². The topological polar surface area (TPSA) is 29.1 Å². The molecule has 0 aromatic carbocycles. The monoisotopic (exact) mass is 353 g/mol. The molecular weight excluding hydrogens is 333 g/mol. The van der Waals surface area contributed by atoms with E-state index in [4.69, 9.17) is 0 Å². The number of carbonyl (C=O) groups is 1. The van der Waals surface area contributed by atoms with Crippen molar-refractivity contribution < 1.29 is 9.18 Å². The summed E-state index contributed by atoms with van der Waals surface area (Å²) < 4.78 is 13.4. The van der Waals surface area contributed by atoms with E-state index in [9.17, 15) is 9.18 Å². The Balaban J connectivity index is 5.95. The minimum Gasteiger partial charge on any atom is -0.355 e. The summed E-state index contributed by atoms with van der Waals surface area (Å²) in [7, 11) is 1.56. The normalized spacial score (nSPS) is 12.9. The van der Waals surface area contributed by atoms with Crippen LogP contribution in [0.1, 0.15) is 20.3 Å². The van der Waals surface area contributed by atoms with Gasteiger partial charge in [0.25, 0.3) is 5.91 Å². The van der Waals surface area contributed by atoms with Crippen molar-refractivity contribution in [1.82, 2.24) is 5.32 Å². The zero-order valence-electron chi connectivity index (χ0n) is 12.7. The van der Waals surface area contributed by atoms with Crippen LogP contribution >= 0.6 is 15.9 Å². The second kappa shape index (κ2) is 9.29. The minimum absolute atomic E-state index is 0.219. The van der Waals surface area contributed by atoms with Crippen LogP contribution in [0.4, 0.5) is 4.39 Å². The lowest BCUT2D eigenvalue weighted by atomic mass is 9.93. The van der Waals surface area contributed by atoms with Crippen molar-refractivity contribution in [3.63, 3.8) is 0 Å². The Morgan fingerprint density at radius 2 is 1.86 bits per heavy atom. The van der Waals surface area contributed by atoms with E-state index in [1.165, 1.54) is 12.2 Å². The molecule has 0 unspecified atom stereocenters. The van der Waals surface area contributed by atoms with Crippen LogP contribution in [0.15, 0.2) is 70.6 Å². The number of likely N-dealkylation sites (N-methyl/N-ethyl adjacent to an activating group) is 1. The molecule has 0 spiro atoms. The highest BCUT2D eigenvalue weighted by molar-refractivity contribution is 9.11. The lowest BCUT2D eigenvalue weighted by Gasteiger charge is -2.14. The average molecular weight is 354 g/mol. The lowest BCUT2D eigenvalue weighted by molar-refractivity contribution is -0.116. The summed E-state index contributed by atoms with van der Waals surface area (Å²) in [6, 6.07) is 0. The van der Waals surface area contributed by atoms with E-state index in [0.717, 1.165) is 5.57 Å². The van der Waals surface area contributed by atoms with Gasteiger partial charge in [-0.15, -0.1) is 0 Å². The van der Waals surface area contributed by atoms with Crippen LogP contribution in [0.3, 0.4) is 0 Å². The maximum Gasteiger partial charge on any atom is 0.251 e. The highest BCUT2D eigenvalue weighted by atomic mass is 79.9. The average Bonchev–Trinajstić information content (AvgIpc) is 2.42. The first-order valence-electron chi connectivity index (χ1n) is 6.44. The SMILES string of the molecule is C=C(F)C=CC(=C)C(C)=C(C(=O)NC)C(=CC(=C)Br)CC. The molecule has 0 fully saturated rings. The Kier molecular flexibility index (Phi) is 8.55. The van der Waals surface area contributed by atoms with E-state index in [2.05, 4.69) is 41.0 Å². The maximum atomic E-state index is 12.7. The molecule has 0 saturated heterocycles. The molecule has 0 rings (SSSR count). The van der Waals surface area contributed by atoms with Gasteiger partial charge in [-0.2, -0.15) is 0 Å². The smallest absolute Gasteiger partial charge is 0.251 e. The molecule has 0 aliphatic heterocycles. The molecule has 0 saturated carbocycles. The van der Waals surface area contributed by atoms with E-state index in [0.29, 0.717) is 27.6 Å². The molecule has 1 amide bonds. The van der Waals surface area contributed by atoms with Crippen LogP contribution < -0.4 is 5.32 Å². The molecule has 0 atom stereocenters. The van der Waals surface area contributed by atoms with Crippen molar-refractivity contribution >= 4 is 21.8 Å². The van der Waals surface area contributed by atoms with Crippen molar-refractivity contribution in [2.24, 2.45) is 0 Å². The lowest BCUT2D eigenvalue weighted by Crippen LogP contribution is -2.22. The van der Waals surface area contributed by atoms with Crippen LogP contribution in [0, 0.1) is 0 Å². The summed E-state index contributed by atoms with van der Waals surface area (Å²) in [6.45, 7) is 14.5. The summed E-state index contributed by atoms with van der Waals surface area (Å²) >= 11 is 3.27. The fraction of sp³-hybridized carbons (Fsp3) is 0.235. The molecule has 0 aliphatic rings. The van der Waals surface area contributed by atoms with E-state index in [1.807, 2.05) is 6.92 Å². The fourth-order valence-electron chi connectivity index (χ4n) is 1.70. The molecule has 0 radical (unpaired) electrons. The number of nitrogens with one attached hydrogen (secondary N) is 1. The van der Waals surface area contributed by atoms with Gasteiger partial charge in [-0.3, -0.25) is 4.79 Å². The van der Waals surface area contributed by atoms with Crippen molar-refractivity contribution in [2.75, 3.05) is 7.05 Å². The molecule has 0 aliphatic carbocycles. The van der Waals surface area contributed by atoms with E-state index in [1.54, 1.807) is 20.0 Å². The van der Waals surface area contributed by atoms with Crippen LogP contribution in [0.2, 0.25) is 0 Å². The number of allylic oxidation sites excluding steroid dienone is 7. The highest BCUT2D eigenvalue weighted by Gasteiger charge is 2.16. The van der Waals surface area contributed by atoms with E-state index < -0.39 is 5.83 Å². The molecule has 0 heterocycles. The first-order chi connectivity index (χ1) is 9.74. The molecule has 21 heavy (non-hydrogen) atoms. The summed E-state index contributed by atoms with van der Waals surface area (Å²) in [6.07, 6.45) is 5.15. The van der Waals surface area contributed by atoms with Crippen LogP contribution in [0.25, 0.3) is 0 Å². The van der Waals surface area contributed by atoms with Gasteiger partial charge in [-0.25, -0.2) is 4.39 Å². The molecule has 114 valence electrons. The van der Waals surface area contributed by atoms with E-state index in [-0.39, 0.29) is 5.91 Å². The molecule has 2 nitrogen and oxygen atoms in total. The predicted molar refractivity (Wildman–Crippen MR) is 91.7 cm³/mol. The number of carbonyl (C=O) groups excluding carboxylic acids is 1. The quantitative estimate of drug-likeness (QED) is 0.512. The first-order valence-corrected chi connectivity index (χ1v) is 7.23. The second-order valence-electron chi connectivity index (χ2n) is 4.35. The number of rotatable bonds is 7. The third-order valence-electron chi connectivity index (χ3n) is 2.81. The highest BCUT2D eigenvalue weighted by Crippen LogP contribution is 2.25. The first kappa shape index (κ1) is 19.3. The number of halogens is 2. The number of hydrogen-bond acceptors (Lipinski definition) is 1. The van der Waals surface area contributed by atoms with Crippen molar-refractivity contribution in [3.05, 3.63) is 70.6 Å². The molecule has 0 aromatic heterocycles. The zero-order valence-corrected chi connectivity index (χ0v) is 14.3. The summed E-state index contributed by atoms with van der Waals surface area (Å²) in [4.78, 5) is 12.2. The van der Waals surface area contributed by atoms with Gasteiger partial charge in [-0.1, -0.05) is 48.7 Å². The fourth-order valence-corrected chi connectivity index (χ4v) is 1.97. The van der Waals surface area contributed by atoms with Crippen LogP contribution in [0.5, 0.6) is 0 Å². The van der Waals surface area contributed by atoms with Gasteiger partial charge in [-0.05, 0) is 42.2 Å². The molecule has 0 aromatic rings. The van der Waals surface area contributed by atoms with Crippen molar-refractivity contribution in [2.45, 2.75) is 20.3 Å². The molecular formula is C17H21BrFNO. The van der Waals surface area contributed by atoms with Gasteiger partial charge in [0.1, 0.15) is 5.83 Å². The van der Waals surface area contributed by atoms with Gasteiger partial charge in [0.15, 0.2) is 0 Å². The Hall–Kier alpha value is -1.68. The Morgan fingerprint density at radius 1 is 1.29 bits per heavy atom. The largest absolute Gasteiger partial charge is 0.355 e. The van der Waals surface area contributed by atoms with Crippen LogP contribution in [-0.2, 0) is 4.79 Å². The molecule has 0 bridgehead atoms. The van der Waals surface area contributed by atoms with E-state index >= 15 is 0 Å². The number of hydrogen-bond donors (Lipinski definition) is 1. The summed E-state index contributed by atoms with van der Waals surface area (Å²) in [5, 5.41) is 2.61. The van der Waals surface area contributed by atoms with Gasteiger partial charge < -0.3 is 5.32 Å². The van der Waals surface area contributed by atoms with Crippen LogP contribution in [-0.4, -0.2) is 13.0 Å². The van der Waals surface area contributed by atoms with Gasteiger partial charge in [0, 0.05) is 17.1 Å². The summed E-state index contributed by atoms with van der Waals surface area (Å²) in [5.74, 6) is -0.784. The Bertz CT molecular complexity index is 553. The maximum absolute atomic E-state index is 12.7. The minimum atomic E-state index is -0.564. The van der Waals surface area contributed by atoms with Crippen molar-refractivity contribution in [3.8, 4) is 0 Å². The van der Waals surface area contributed by atoms with Gasteiger partial charge in [0.05, 0.1) is 0 Å².